The number of nitrogens with one attached hydrogen (secondary N) is 1. The average molecular weight is 268 g/mol. The lowest BCUT2D eigenvalue weighted by Gasteiger charge is -2.16. The van der Waals surface area contributed by atoms with E-state index in [0.29, 0.717) is 6.42 Å². The second-order valence-corrected chi connectivity index (χ2v) is 5.02. The van der Waals surface area contributed by atoms with Crippen LogP contribution in [0.25, 0.3) is 0 Å². The summed E-state index contributed by atoms with van der Waals surface area (Å²) >= 11 is 1.60. The highest BCUT2D eigenvalue weighted by atomic mass is 32.1. The van der Waals surface area contributed by atoms with Crippen molar-refractivity contribution in [3.05, 3.63) is 46.2 Å². The van der Waals surface area contributed by atoms with Crippen LogP contribution in [-0.2, 0) is 6.42 Å². The molecule has 2 rings (SSSR count). The fourth-order valence-corrected chi connectivity index (χ4v) is 2.47. The zero-order chi connectivity index (χ0) is 13.1. The molecule has 0 saturated heterocycles. The standard InChI is InChI=1S/C13H14F2N2S/c1-8(4-9-2-3-18-7-9)17-13-11(14)5-10(16)6-12(13)15/h2-3,5-8,17H,4,16H2,1H3. The summed E-state index contributed by atoms with van der Waals surface area (Å²) < 4.78 is 27.1. The zero-order valence-corrected chi connectivity index (χ0v) is 10.7. The molecule has 2 aromatic rings. The van der Waals surface area contributed by atoms with Crippen molar-refractivity contribution in [3.63, 3.8) is 0 Å². The van der Waals surface area contributed by atoms with Crippen molar-refractivity contribution in [2.75, 3.05) is 11.1 Å². The lowest BCUT2D eigenvalue weighted by molar-refractivity contribution is 0.584. The third-order valence-corrected chi connectivity index (χ3v) is 3.31. The van der Waals surface area contributed by atoms with Gasteiger partial charge in [-0.3, -0.25) is 0 Å². The fraction of sp³-hybridized carbons (Fsp3) is 0.231. The van der Waals surface area contributed by atoms with Crippen LogP contribution >= 0.6 is 11.3 Å². The maximum atomic E-state index is 13.6. The van der Waals surface area contributed by atoms with E-state index in [-0.39, 0.29) is 17.4 Å². The smallest absolute Gasteiger partial charge is 0.151 e. The van der Waals surface area contributed by atoms with Crippen molar-refractivity contribution in [3.8, 4) is 0 Å². The van der Waals surface area contributed by atoms with E-state index in [1.54, 1.807) is 11.3 Å². The predicted molar refractivity (Wildman–Crippen MR) is 71.9 cm³/mol. The Hall–Kier alpha value is -1.62. The summed E-state index contributed by atoms with van der Waals surface area (Å²) in [6.07, 6.45) is 0.715. The quantitative estimate of drug-likeness (QED) is 0.831. The fourth-order valence-electron chi connectivity index (χ4n) is 1.79. The largest absolute Gasteiger partial charge is 0.399 e. The third kappa shape index (κ3) is 2.98. The highest BCUT2D eigenvalue weighted by Crippen LogP contribution is 2.23. The number of hydrogen-bond donors (Lipinski definition) is 2. The normalized spacial score (nSPS) is 12.4. The number of rotatable bonds is 4. The number of thiophene rings is 1. The van der Waals surface area contributed by atoms with Gasteiger partial charge in [-0.05, 0) is 47.9 Å². The van der Waals surface area contributed by atoms with E-state index in [0.717, 1.165) is 17.7 Å². The molecule has 1 aromatic heterocycles. The Labute approximate surface area is 108 Å². The van der Waals surface area contributed by atoms with Gasteiger partial charge in [-0.25, -0.2) is 8.78 Å². The van der Waals surface area contributed by atoms with E-state index in [2.05, 4.69) is 5.32 Å². The minimum absolute atomic E-state index is 0.0628. The van der Waals surface area contributed by atoms with E-state index in [1.807, 2.05) is 23.8 Å². The van der Waals surface area contributed by atoms with Crippen molar-refractivity contribution < 1.29 is 8.78 Å². The molecule has 0 fully saturated rings. The summed E-state index contributed by atoms with van der Waals surface area (Å²) in [5.74, 6) is -1.32. The van der Waals surface area contributed by atoms with Crippen LogP contribution in [0.4, 0.5) is 20.2 Å². The van der Waals surface area contributed by atoms with E-state index in [1.165, 1.54) is 0 Å². The maximum Gasteiger partial charge on any atom is 0.151 e. The van der Waals surface area contributed by atoms with Crippen molar-refractivity contribution in [2.45, 2.75) is 19.4 Å². The molecule has 0 saturated carbocycles. The Bertz CT molecular complexity index is 503. The monoisotopic (exact) mass is 268 g/mol. The van der Waals surface area contributed by atoms with Crippen molar-refractivity contribution in [2.24, 2.45) is 0 Å². The highest BCUT2D eigenvalue weighted by molar-refractivity contribution is 7.07. The van der Waals surface area contributed by atoms with E-state index in [4.69, 9.17) is 5.73 Å². The summed E-state index contributed by atoms with van der Waals surface area (Å²) in [5.41, 5.74) is 6.48. The first-order valence-electron chi connectivity index (χ1n) is 5.58. The van der Waals surface area contributed by atoms with Crippen molar-refractivity contribution in [1.82, 2.24) is 0 Å². The first-order chi connectivity index (χ1) is 8.56. The van der Waals surface area contributed by atoms with E-state index >= 15 is 0 Å². The van der Waals surface area contributed by atoms with Gasteiger partial charge in [0.05, 0.1) is 0 Å². The molecule has 1 atom stereocenters. The van der Waals surface area contributed by atoms with Crippen LogP contribution in [0.5, 0.6) is 0 Å². The van der Waals surface area contributed by atoms with Crippen LogP contribution in [0.2, 0.25) is 0 Å². The molecule has 0 amide bonds. The summed E-state index contributed by atoms with van der Waals surface area (Å²) in [6.45, 7) is 1.88. The SMILES string of the molecule is CC(Cc1ccsc1)Nc1c(F)cc(N)cc1F. The van der Waals surface area contributed by atoms with Crippen LogP contribution in [-0.4, -0.2) is 6.04 Å². The summed E-state index contributed by atoms with van der Waals surface area (Å²) in [5, 5.41) is 6.84. The van der Waals surface area contributed by atoms with Crippen molar-refractivity contribution >= 4 is 22.7 Å². The minimum Gasteiger partial charge on any atom is -0.399 e. The Morgan fingerprint density at radius 3 is 2.56 bits per heavy atom. The van der Waals surface area contributed by atoms with E-state index < -0.39 is 11.6 Å². The first kappa shape index (κ1) is 12.8. The molecule has 0 bridgehead atoms. The molecule has 0 radical (unpaired) electrons. The topological polar surface area (TPSA) is 38.0 Å². The van der Waals surface area contributed by atoms with Gasteiger partial charge in [0.15, 0.2) is 11.6 Å². The van der Waals surface area contributed by atoms with E-state index in [9.17, 15) is 8.78 Å². The molecular weight excluding hydrogens is 254 g/mol. The minimum atomic E-state index is -0.662. The molecule has 0 aliphatic heterocycles. The average Bonchev–Trinajstić information content (AvgIpc) is 2.76. The maximum absolute atomic E-state index is 13.6. The Morgan fingerprint density at radius 2 is 2.00 bits per heavy atom. The van der Waals surface area contributed by atoms with Crippen molar-refractivity contribution in [1.29, 1.82) is 0 Å². The van der Waals surface area contributed by atoms with Gasteiger partial charge in [0, 0.05) is 11.7 Å². The van der Waals surface area contributed by atoms with Gasteiger partial charge in [-0.2, -0.15) is 11.3 Å². The van der Waals surface area contributed by atoms with Crippen LogP contribution in [0.15, 0.2) is 29.0 Å². The predicted octanol–water partition coefficient (Wildman–Crippen LogP) is 3.65. The van der Waals surface area contributed by atoms with Gasteiger partial charge in [0.1, 0.15) is 5.69 Å². The third-order valence-electron chi connectivity index (χ3n) is 2.58. The van der Waals surface area contributed by atoms with Crippen LogP contribution in [0.3, 0.4) is 0 Å². The van der Waals surface area contributed by atoms with Gasteiger partial charge in [-0.15, -0.1) is 0 Å². The summed E-state index contributed by atoms with van der Waals surface area (Å²) in [6, 6.07) is 4.16. The number of nitrogens with two attached hydrogens (primary N) is 1. The van der Waals surface area contributed by atoms with Crippen LogP contribution in [0, 0.1) is 11.6 Å². The number of nitrogen functional groups attached to an aromatic ring is 1. The van der Waals surface area contributed by atoms with Gasteiger partial charge in [0.2, 0.25) is 0 Å². The lowest BCUT2D eigenvalue weighted by atomic mass is 10.1. The molecule has 3 N–H and O–H groups in total. The zero-order valence-electron chi connectivity index (χ0n) is 9.91. The number of benzene rings is 1. The molecule has 0 aliphatic rings. The van der Waals surface area contributed by atoms with Crippen LogP contribution in [0.1, 0.15) is 12.5 Å². The molecular formula is C13H14F2N2S. The molecule has 5 heteroatoms. The summed E-state index contributed by atoms with van der Waals surface area (Å²) in [7, 11) is 0. The lowest BCUT2D eigenvalue weighted by Crippen LogP contribution is -2.19. The molecule has 96 valence electrons. The highest BCUT2D eigenvalue weighted by Gasteiger charge is 2.13. The first-order valence-corrected chi connectivity index (χ1v) is 6.52. The molecule has 1 aromatic carbocycles. The molecule has 18 heavy (non-hydrogen) atoms. The van der Waals surface area contributed by atoms with Gasteiger partial charge in [-0.1, -0.05) is 0 Å². The molecule has 1 heterocycles. The number of anilines is 2. The number of halogens is 2. The van der Waals surface area contributed by atoms with Crippen LogP contribution < -0.4 is 11.1 Å². The second-order valence-electron chi connectivity index (χ2n) is 4.24. The van der Waals surface area contributed by atoms with Gasteiger partial charge in [0.25, 0.3) is 0 Å². The molecule has 0 aliphatic carbocycles. The summed E-state index contributed by atoms with van der Waals surface area (Å²) in [4.78, 5) is 0. The number of hydrogen-bond acceptors (Lipinski definition) is 3. The molecule has 1 unspecified atom stereocenters. The van der Waals surface area contributed by atoms with Gasteiger partial charge < -0.3 is 11.1 Å². The van der Waals surface area contributed by atoms with Gasteiger partial charge >= 0.3 is 0 Å². The Kier molecular flexibility index (Phi) is 3.81. The Morgan fingerprint density at radius 1 is 1.33 bits per heavy atom. The Balaban J connectivity index is 2.09. The molecule has 0 spiro atoms. The second kappa shape index (κ2) is 5.35. The molecule has 2 nitrogen and oxygen atoms in total.